The van der Waals surface area contributed by atoms with Crippen LogP contribution in [0.15, 0.2) is 47.1 Å². The number of hydrogen-bond donors (Lipinski definition) is 0. The topological polar surface area (TPSA) is 80.1 Å². The van der Waals surface area contributed by atoms with Gasteiger partial charge in [-0.05, 0) is 36.6 Å². The number of carbonyl (C=O) groups is 3. The second kappa shape index (κ2) is 7.88. The molecule has 0 spiro atoms. The molecule has 28 heavy (non-hydrogen) atoms. The van der Waals surface area contributed by atoms with Gasteiger partial charge in [0.25, 0.3) is 5.91 Å². The number of para-hydroxylation sites is 1. The van der Waals surface area contributed by atoms with Gasteiger partial charge in [0.15, 0.2) is 6.61 Å². The molecule has 7 heteroatoms. The Balaban J connectivity index is 1.31. The first-order valence-electron chi connectivity index (χ1n) is 9.47. The van der Waals surface area contributed by atoms with Crippen LogP contribution in [0.4, 0.5) is 5.69 Å². The van der Waals surface area contributed by atoms with Crippen LogP contribution in [0.2, 0.25) is 0 Å². The van der Waals surface area contributed by atoms with Gasteiger partial charge in [0.1, 0.15) is 5.76 Å². The van der Waals surface area contributed by atoms with Crippen LogP contribution >= 0.6 is 0 Å². The number of ether oxygens (including phenoxy) is 1. The Labute approximate surface area is 162 Å². The monoisotopic (exact) mass is 382 g/mol. The molecule has 146 valence electrons. The van der Waals surface area contributed by atoms with Crippen molar-refractivity contribution in [3.8, 4) is 0 Å². The van der Waals surface area contributed by atoms with Gasteiger partial charge >= 0.3 is 5.97 Å². The standard InChI is InChI=1S/C21H22N2O5/c24-19-11-16(12-22(19)13-17-7-4-10-27-17)21(26)28-14-20(25)23-9-3-6-15-5-1-2-8-18(15)23/h1-2,4-5,7-8,10,16H,3,6,9,11-14H2/t16-/m1/s1. The van der Waals surface area contributed by atoms with Crippen LogP contribution in [0.25, 0.3) is 0 Å². The van der Waals surface area contributed by atoms with E-state index in [-0.39, 0.29) is 31.4 Å². The van der Waals surface area contributed by atoms with Crippen molar-refractivity contribution in [2.45, 2.75) is 25.8 Å². The number of nitrogens with zero attached hydrogens (tertiary/aromatic N) is 2. The quantitative estimate of drug-likeness (QED) is 0.741. The molecule has 3 heterocycles. The Kier molecular flexibility index (Phi) is 5.14. The highest BCUT2D eigenvalue weighted by atomic mass is 16.5. The van der Waals surface area contributed by atoms with E-state index in [4.69, 9.17) is 9.15 Å². The smallest absolute Gasteiger partial charge is 0.311 e. The highest BCUT2D eigenvalue weighted by Crippen LogP contribution is 2.27. The molecule has 0 radical (unpaired) electrons. The molecule has 1 aromatic heterocycles. The van der Waals surface area contributed by atoms with E-state index < -0.39 is 11.9 Å². The Hall–Kier alpha value is -3.09. The van der Waals surface area contributed by atoms with E-state index >= 15 is 0 Å². The lowest BCUT2D eigenvalue weighted by molar-refractivity contribution is -0.151. The number of hydrogen-bond acceptors (Lipinski definition) is 5. The Morgan fingerprint density at radius 1 is 1.18 bits per heavy atom. The van der Waals surface area contributed by atoms with E-state index in [1.165, 1.54) is 0 Å². The summed E-state index contributed by atoms with van der Waals surface area (Å²) >= 11 is 0. The number of rotatable bonds is 5. The van der Waals surface area contributed by atoms with Crippen molar-refractivity contribution in [1.82, 2.24) is 4.90 Å². The van der Waals surface area contributed by atoms with Crippen molar-refractivity contribution in [3.05, 3.63) is 54.0 Å². The summed E-state index contributed by atoms with van der Waals surface area (Å²) in [5, 5.41) is 0. The lowest BCUT2D eigenvalue weighted by atomic mass is 10.0. The molecule has 4 rings (SSSR count). The van der Waals surface area contributed by atoms with Crippen LogP contribution in [-0.4, -0.2) is 42.4 Å². The lowest BCUT2D eigenvalue weighted by Gasteiger charge is -2.29. The minimum absolute atomic E-state index is 0.0975. The van der Waals surface area contributed by atoms with E-state index in [0.717, 1.165) is 24.1 Å². The lowest BCUT2D eigenvalue weighted by Crippen LogP contribution is -2.39. The van der Waals surface area contributed by atoms with Crippen molar-refractivity contribution >= 4 is 23.5 Å². The normalized spacial score (nSPS) is 18.9. The molecule has 2 aliphatic rings. The third-order valence-corrected chi connectivity index (χ3v) is 5.22. The molecular formula is C21H22N2O5. The third kappa shape index (κ3) is 3.78. The maximum Gasteiger partial charge on any atom is 0.311 e. The zero-order valence-corrected chi connectivity index (χ0v) is 15.5. The zero-order valence-electron chi connectivity index (χ0n) is 15.5. The predicted octanol–water partition coefficient (Wildman–Crippen LogP) is 2.15. The molecule has 2 aliphatic heterocycles. The molecule has 7 nitrogen and oxygen atoms in total. The molecule has 0 saturated carbocycles. The van der Waals surface area contributed by atoms with Gasteiger partial charge in [-0.2, -0.15) is 0 Å². The summed E-state index contributed by atoms with van der Waals surface area (Å²) in [6.07, 6.45) is 3.47. The number of furan rings is 1. The largest absolute Gasteiger partial charge is 0.467 e. The van der Waals surface area contributed by atoms with Gasteiger partial charge in [0.05, 0.1) is 18.7 Å². The molecule has 1 saturated heterocycles. The Bertz CT molecular complexity index is 877. The number of aryl methyl sites for hydroxylation is 1. The Morgan fingerprint density at radius 2 is 2.04 bits per heavy atom. The summed E-state index contributed by atoms with van der Waals surface area (Å²) in [6.45, 7) is 0.917. The van der Waals surface area contributed by atoms with Crippen molar-refractivity contribution in [1.29, 1.82) is 0 Å². The fourth-order valence-corrected chi connectivity index (χ4v) is 3.79. The minimum Gasteiger partial charge on any atom is -0.467 e. The fraction of sp³-hybridized carbons (Fsp3) is 0.381. The average Bonchev–Trinajstić information content (AvgIpc) is 3.36. The predicted molar refractivity (Wildman–Crippen MR) is 100 cm³/mol. The molecule has 2 amide bonds. The summed E-state index contributed by atoms with van der Waals surface area (Å²) in [4.78, 5) is 40.3. The number of likely N-dealkylation sites (tertiary alicyclic amines) is 1. The van der Waals surface area contributed by atoms with Crippen molar-refractivity contribution < 1.29 is 23.5 Å². The van der Waals surface area contributed by atoms with Gasteiger partial charge in [0.2, 0.25) is 5.91 Å². The second-order valence-electron chi connectivity index (χ2n) is 7.14. The molecular weight excluding hydrogens is 360 g/mol. The van der Waals surface area contributed by atoms with Crippen LogP contribution in [0.5, 0.6) is 0 Å². The van der Waals surface area contributed by atoms with Gasteiger partial charge in [-0.15, -0.1) is 0 Å². The number of esters is 1. The zero-order chi connectivity index (χ0) is 19.5. The van der Waals surface area contributed by atoms with E-state index in [2.05, 4.69) is 0 Å². The van der Waals surface area contributed by atoms with Gasteiger partial charge in [0, 0.05) is 25.2 Å². The van der Waals surface area contributed by atoms with Crippen LogP contribution in [-0.2, 0) is 32.1 Å². The van der Waals surface area contributed by atoms with E-state index in [0.29, 0.717) is 18.8 Å². The maximum absolute atomic E-state index is 12.6. The number of benzene rings is 1. The highest BCUT2D eigenvalue weighted by molar-refractivity contribution is 5.96. The summed E-state index contributed by atoms with van der Waals surface area (Å²) in [6, 6.07) is 11.3. The molecule has 2 aromatic rings. The molecule has 0 N–H and O–H groups in total. The van der Waals surface area contributed by atoms with E-state index in [1.807, 2.05) is 24.3 Å². The maximum atomic E-state index is 12.6. The summed E-state index contributed by atoms with van der Waals surface area (Å²) < 4.78 is 10.5. The number of fused-ring (bicyclic) bond motifs is 1. The number of anilines is 1. The van der Waals surface area contributed by atoms with Crippen molar-refractivity contribution in [3.63, 3.8) is 0 Å². The molecule has 0 aliphatic carbocycles. The van der Waals surface area contributed by atoms with Crippen LogP contribution in [0, 0.1) is 5.92 Å². The number of amides is 2. The van der Waals surface area contributed by atoms with Crippen LogP contribution in [0.3, 0.4) is 0 Å². The van der Waals surface area contributed by atoms with Crippen molar-refractivity contribution in [2.24, 2.45) is 5.92 Å². The first-order chi connectivity index (χ1) is 13.6. The highest BCUT2D eigenvalue weighted by Gasteiger charge is 2.36. The first kappa shape index (κ1) is 18.3. The first-order valence-corrected chi connectivity index (χ1v) is 9.47. The Morgan fingerprint density at radius 3 is 2.86 bits per heavy atom. The second-order valence-corrected chi connectivity index (χ2v) is 7.14. The van der Waals surface area contributed by atoms with Gasteiger partial charge in [-0.3, -0.25) is 14.4 Å². The van der Waals surface area contributed by atoms with E-state index in [9.17, 15) is 14.4 Å². The average molecular weight is 382 g/mol. The van der Waals surface area contributed by atoms with E-state index in [1.54, 1.807) is 28.2 Å². The number of carbonyl (C=O) groups excluding carboxylic acids is 3. The summed E-state index contributed by atoms with van der Waals surface area (Å²) in [5.74, 6) is -0.744. The van der Waals surface area contributed by atoms with Gasteiger partial charge in [-0.25, -0.2) is 0 Å². The fourth-order valence-electron chi connectivity index (χ4n) is 3.79. The van der Waals surface area contributed by atoms with Crippen LogP contribution < -0.4 is 4.90 Å². The van der Waals surface area contributed by atoms with Crippen LogP contribution in [0.1, 0.15) is 24.2 Å². The summed E-state index contributed by atoms with van der Waals surface area (Å²) in [5.41, 5.74) is 2.01. The molecule has 1 aromatic carbocycles. The SMILES string of the molecule is O=C(OCC(=O)N1CCCc2ccccc21)[C@@H]1CC(=O)N(Cc2ccco2)C1. The minimum atomic E-state index is -0.552. The summed E-state index contributed by atoms with van der Waals surface area (Å²) in [7, 11) is 0. The molecule has 0 unspecified atom stereocenters. The van der Waals surface area contributed by atoms with Gasteiger partial charge < -0.3 is 19.0 Å². The van der Waals surface area contributed by atoms with Crippen molar-refractivity contribution in [2.75, 3.05) is 24.6 Å². The van der Waals surface area contributed by atoms with Gasteiger partial charge in [-0.1, -0.05) is 18.2 Å². The third-order valence-electron chi connectivity index (χ3n) is 5.22. The molecule has 1 fully saturated rings. The molecule has 1 atom stereocenters. The molecule has 0 bridgehead atoms.